The van der Waals surface area contributed by atoms with Gasteiger partial charge in [0.15, 0.2) is 0 Å². The molecule has 20 heavy (non-hydrogen) atoms. The summed E-state index contributed by atoms with van der Waals surface area (Å²) in [4.78, 5) is 10.4. The van der Waals surface area contributed by atoms with Crippen LogP contribution in [-0.2, 0) is 0 Å². The van der Waals surface area contributed by atoms with Crippen molar-refractivity contribution in [3.8, 4) is 0 Å². The molecule has 2 rings (SSSR count). The predicted octanol–water partition coefficient (Wildman–Crippen LogP) is 3.26. The third kappa shape index (κ3) is 3.10. The van der Waals surface area contributed by atoms with Gasteiger partial charge in [-0.3, -0.25) is 10.1 Å². The smallest absolute Gasteiger partial charge is 0.269 e. The molecule has 0 aliphatic heterocycles. The van der Waals surface area contributed by atoms with Crippen LogP contribution in [-0.4, -0.2) is 22.2 Å². The van der Waals surface area contributed by atoms with Crippen molar-refractivity contribution in [3.05, 3.63) is 33.9 Å². The normalized spacial score (nSPS) is 26.2. The van der Waals surface area contributed by atoms with E-state index in [0.29, 0.717) is 5.92 Å². The van der Waals surface area contributed by atoms with Crippen molar-refractivity contribution in [2.24, 2.45) is 5.92 Å². The molecule has 0 unspecified atom stereocenters. The largest absolute Gasteiger partial charge is 0.394 e. The molecule has 0 heterocycles. The number of rotatable bonds is 4. The Morgan fingerprint density at radius 3 is 2.60 bits per heavy atom. The molecule has 2 N–H and O–H groups in total. The highest BCUT2D eigenvalue weighted by Gasteiger charge is 2.33. The van der Waals surface area contributed by atoms with E-state index in [1.54, 1.807) is 12.1 Å². The lowest BCUT2D eigenvalue weighted by molar-refractivity contribution is -0.384. The molecule has 1 aliphatic carbocycles. The summed E-state index contributed by atoms with van der Waals surface area (Å²) >= 11 is 0. The van der Waals surface area contributed by atoms with Crippen LogP contribution < -0.4 is 5.32 Å². The Bertz CT molecular complexity index is 494. The molecule has 0 radical (unpaired) electrons. The first kappa shape index (κ1) is 14.8. The molecule has 0 amide bonds. The zero-order valence-electron chi connectivity index (χ0n) is 12.1. The molecule has 1 aromatic carbocycles. The number of aliphatic hydroxyl groups excluding tert-OH is 1. The summed E-state index contributed by atoms with van der Waals surface area (Å²) in [6.45, 7) is 4.18. The van der Waals surface area contributed by atoms with Crippen LogP contribution in [0.5, 0.6) is 0 Å². The Balaban J connectivity index is 2.17. The first-order chi connectivity index (χ1) is 9.46. The van der Waals surface area contributed by atoms with Gasteiger partial charge in [0.1, 0.15) is 0 Å². The summed E-state index contributed by atoms with van der Waals surface area (Å²) in [5.74, 6) is 0.703. The number of benzene rings is 1. The fourth-order valence-corrected chi connectivity index (χ4v) is 2.82. The van der Waals surface area contributed by atoms with Crippen molar-refractivity contribution in [3.63, 3.8) is 0 Å². The van der Waals surface area contributed by atoms with E-state index in [1.165, 1.54) is 6.07 Å². The van der Waals surface area contributed by atoms with Gasteiger partial charge in [-0.15, -0.1) is 0 Å². The maximum Gasteiger partial charge on any atom is 0.269 e. The molecule has 0 spiro atoms. The van der Waals surface area contributed by atoms with E-state index in [4.69, 9.17) is 0 Å². The van der Waals surface area contributed by atoms with Crippen LogP contribution in [0.15, 0.2) is 18.2 Å². The number of nitrogens with zero attached hydrogens (tertiary/aromatic N) is 1. The maximum absolute atomic E-state index is 10.8. The van der Waals surface area contributed by atoms with E-state index in [1.807, 2.05) is 6.92 Å². The molecule has 1 aromatic rings. The molecule has 1 aliphatic rings. The number of nitrogens with one attached hydrogen (secondary N) is 1. The van der Waals surface area contributed by atoms with Crippen LogP contribution in [0.4, 0.5) is 11.4 Å². The highest BCUT2D eigenvalue weighted by molar-refractivity contribution is 5.56. The van der Waals surface area contributed by atoms with Crippen molar-refractivity contribution < 1.29 is 10.0 Å². The second-order valence-electron chi connectivity index (χ2n) is 6.00. The minimum atomic E-state index is -0.388. The van der Waals surface area contributed by atoms with Gasteiger partial charge in [-0.25, -0.2) is 0 Å². The first-order valence-electron chi connectivity index (χ1n) is 7.10. The first-order valence-corrected chi connectivity index (χ1v) is 7.10. The van der Waals surface area contributed by atoms with Gasteiger partial charge in [0, 0.05) is 17.8 Å². The molecule has 5 nitrogen and oxygen atoms in total. The van der Waals surface area contributed by atoms with Crippen LogP contribution in [0.1, 0.15) is 38.2 Å². The van der Waals surface area contributed by atoms with Gasteiger partial charge in [0.25, 0.3) is 5.69 Å². The van der Waals surface area contributed by atoms with Crippen LogP contribution in [0.2, 0.25) is 0 Å². The van der Waals surface area contributed by atoms with Crippen LogP contribution >= 0.6 is 0 Å². The lowest BCUT2D eigenvalue weighted by atomic mass is 9.77. The molecular formula is C15H22N2O3. The zero-order valence-corrected chi connectivity index (χ0v) is 12.1. The number of aliphatic hydroxyl groups is 1. The number of nitro groups is 1. The minimum absolute atomic E-state index is 0.0934. The van der Waals surface area contributed by atoms with Gasteiger partial charge in [-0.1, -0.05) is 6.92 Å². The Morgan fingerprint density at radius 1 is 1.45 bits per heavy atom. The lowest BCUT2D eigenvalue weighted by Gasteiger charge is -2.40. The second-order valence-corrected chi connectivity index (χ2v) is 6.00. The monoisotopic (exact) mass is 278 g/mol. The van der Waals surface area contributed by atoms with Gasteiger partial charge < -0.3 is 10.4 Å². The number of aryl methyl sites for hydroxylation is 1. The van der Waals surface area contributed by atoms with Gasteiger partial charge in [-0.2, -0.15) is 0 Å². The van der Waals surface area contributed by atoms with Crippen molar-refractivity contribution in [1.82, 2.24) is 0 Å². The highest BCUT2D eigenvalue weighted by atomic mass is 16.6. The summed E-state index contributed by atoms with van der Waals surface area (Å²) in [5.41, 5.74) is 1.53. The number of nitro benzene ring substituents is 1. The molecule has 0 aromatic heterocycles. The van der Waals surface area contributed by atoms with Gasteiger partial charge in [0.05, 0.1) is 17.1 Å². The Hall–Kier alpha value is -1.62. The predicted molar refractivity (Wildman–Crippen MR) is 78.9 cm³/mol. The van der Waals surface area contributed by atoms with E-state index in [-0.39, 0.29) is 22.8 Å². The Labute approximate surface area is 119 Å². The summed E-state index contributed by atoms with van der Waals surface area (Å²) in [7, 11) is 0. The Kier molecular flexibility index (Phi) is 4.28. The summed E-state index contributed by atoms with van der Waals surface area (Å²) in [5, 5.41) is 23.9. The summed E-state index contributed by atoms with van der Waals surface area (Å²) < 4.78 is 0. The number of hydrogen-bond acceptors (Lipinski definition) is 4. The summed E-state index contributed by atoms with van der Waals surface area (Å²) in [6.07, 6.45) is 4.06. The van der Waals surface area contributed by atoms with Crippen molar-refractivity contribution in [1.29, 1.82) is 0 Å². The number of anilines is 1. The van der Waals surface area contributed by atoms with E-state index in [0.717, 1.165) is 36.9 Å². The lowest BCUT2D eigenvalue weighted by Crippen LogP contribution is -2.45. The van der Waals surface area contributed by atoms with Gasteiger partial charge >= 0.3 is 0 Å². The zero-order chi connectivity index (χ0) is 14.8. The third-order valence-corrected chi connectivity index (χ3v) is 4.35. The fraction of sp³-hybridized carbons (Fsp3) is 0.600. The molecule has 5 heteroatoms. The molecule has 0 saturated heterocycles. The van der Waals surface area contributed by atoms with Gasteiger partial charge in [-0.05, 0) is 50.2 Å². The molecule has 1 saturated carbocycles. The average molecular weight is 278 g/mol. The highest BCUT2D eigenvalue weighted by Crippen LogP contribution is 2.35. The molecule has 110 valence electrons. The van der Waals surface area contributed by atoms with E-state index in [9.17, 15) is 15.2 Å². The van der Waals surface area contributed by atoms with Crippen molar-refractivity contribution in [2.45, 2.75) is 45.1 Å². The molecule has 1 fully saturated rings. The summed E-state index contributed by atoms with van der Waals surface area (Å²) in [6, 6.07) is 4.81. The van der Waals surface area contributed by atoms with E-state index < -0.39 is 0 Å². The van der Waals surface area contributed by atoms with E-state index in [2.05, 4.69) is 12.2 Å². The van der Waals surface area contributed by atoms with E-state index >= 15 is 0 Å². The van der Waals surface area contributed by atoms with Crippen LogP contribution in [0.25, 0.3) is 0 Å². The van der Waals surface area contributed by atoms with Crippen molar-refractivity contribution >= 4 is 11.4 Å². The van der Waals surface area contributed by atoms with Gasteiger partial charge in [0.2, 0.25) is 0 Å². The molecule has 0 atom stereocenters. The molecule has 0 bridgehead atoms. The standard InChI is InChI=1S/C15H22N2O3/c1-11-5-7-15(10-18,8-6-11)16-14-4-3-13(17(19)20)9-12(14)2/h3-4,9,11,16,18H,5-8,10H2,1-2H3. The number of non-ortho nitro benzene ring substituents is 1. The Morgan fingerprint density at radius 2 is 2.10 bits per heavy atom. The molecular weight excluding hydrogens is 256 g/mol. The maximum atomic E-state index is 10.8. The topological polar surface area (TPSA) is 75.4 Å². The van der Waals surface area contributed by atoms with Crippen LogP contribution in [0, 0.1) is 23.0 Å². The SMILES string of the molecule is Cc1cc([N+](=O)[O-])ccc1NC1(CO)CCC(C)CC1. The fourth-order valence-electron chi connectivity index (χ4n) is 2.82. The van der Waals surface area contributed by atoms with Crippen LogP contribution in [0.3, 0.4) is 0 Å². The number of hydrogen-bond donors (Lipinski definition) is 2. The average Bonchev–Trinajstić information content (AvgIpc) is 2.43. The van der Waals surface area contributed by atoms with Crippen molar-refractivity contribution in [2.75, 3.05) is 11.9 Å². The quantitative estimate of drug-likeness (QED) is 0.654. The third-order valence-electron chi connectivity index (χ3n) is 4.35. The minimum Gasteiger partial charge on any atom is -0.394 e. The second kappa shape index (κ2) is 5.79.